The number of rotatable bonds is 4. The zero-order valence-electron chi connectivity index (χ0n) is 12.1. The van der Waals surface area contributed by atoms with Gasteiger partial charge in [0.25, 0.3) is 0 Å². The lowest BCUT2D eigenvalue weighted by Crippen LogP contribution is -2.42. The van der Waals surface area contributed by atoms with Crippen molar-refractivity contribution in [1.29, 1.82) is 0 Å². The molecule has 0 radical (unpaired) electrons. The quantitative estimate of drug-likeness (QED) is 0.910. The molecular weight excluding hydrogens is 294 g/mol. The Hall–Kier alpha value is -1.60. The van der Waals surface area contributed by atoms with Crippen molar-refractivity contribution in [3.8, 4) is 5.75 Å². The number of nitrogens with zero attached hydrogens (tertiary/aromatic N) is 1. The predicted molar refractivity (Wildman–Crippen MR) is 76.8 cm³/mol. The molecule has 1 fully saturated rings. The van der Waals surface area contributed by atoms with Gasteiger partial charge in [0.05, 0.1) is 17.9 Å². The fourth-order valence-corrected chi connectivity index (χ4v) is 4.13. The van der Waals surface area contributed by atoms with Crippen molar-refractivity contribution < 1.29 is 23.1 Å². The second-order valence-electron chi connectivity index (χ2n) is 5.17. The van der Waals surface area contributed by atoms with Crippen LogP contribution in [0.15, 0.2) is 23.1 Å². The Bertz CT molecular complexity index is 641. The van der Waals surface area contributed by atoms with E-state index in [1.165, 1.54) is 17.5 Å². The molecule has 0 unspecified atom stereocenters. The lowest BCUT2D eigenvalue weighted by molar-refractivity contribution is -0.142. The molecule has 0 amide bonds. The summed E-state index contributed by atoms with van der Waals surface area (Å²) in [6, 6.07) is 4.66. The van der Waals surface area contributed by atoms with E-state index in [4.69, 9.17) is 9.84 Å². The number of piperidine rings is 1. The normalized spacial score (nSPS) is 20.2. The fraction of sp³-hybridized carbons (Fsp3) is 0.500. The number of benzene rings is 1. The van der Waals surface area contributed by atoms with Gasteiger partial charge >= 0.3 is 5.97 Å². The largest absolute Gasteiger partial charge is 0.496 e. The first-order valence-corrected chi connectivity index (χ1v) is 8.18. The molecule has 0 saturated carbocycles. The van der Waals surface area contributed by atoms with Crippen molar-refractivity contribution in [2.45, 2.75) is 24.7 Å². The summed E-state index contributed by atoms with van der Waals surface area (Å²) < 4.78 is 31.6. The summed E-state index contributed by atoms with van der Waals surface area (Å²) in [6.45, 7) is 2.16. The third-order valence-corrected chi connectivity index (χ3v) is 5.60. The number of ether oxygens (including phenoxy) is 1. The summed E-state index contributed by atoms with van der Waals surface area (Å²) in [5.74, 6) is -0.954. The van der Waals surface area contributed by atoms with Gasteiger partial charge in [0.2, 0.25) is 10.0 Å². The van der Waals surface area contributed by atoms with Gasteiger partial charge in [0.1, 0.15) is 5.75 Å². The molecule has 1 N–H and O–H groups in total. The van der Waals surface area contributed by atoms with Crippen LogP contribution in [-0.2, 0) is 14.8 Å². The minimum absolute atomic E-state index is 0.0305. The van der Waals surface area contributed by atoms with Crippen molar-refractivity contribution in [2.75, 3.05) is 20.2 Å². The number of aliphatic carboxylic acids is 1. The Labute approximate surface area is 124 Å². The minimum atomic E-state index is -3.66. The molecule has 1 aromatic carbocycles. The molecule has 1 aliphatic heterocycles. The molecule has 0 bridgehead atoms. The standard InChI is InChI=1S/C14H19NO5S/c1-10-8-12(5-6-13(10)20-2)21(18,19)15-7-3-4-11(9-15)14(16)17/h5-6,8,11H,3-4,7,9H2,1-2H3,(H,16,17)/t11-/m1/s1. The Morgan fingerprint density at radius 1 is 1.43 bits per heavy atom. The maximum Gasteiger partial charge on any atom is 0.307 e. The number of sulfonamides is 1. The molecule has 0 spiro atoms. The third kappa shape index (κ3) is 3.19. The number of carbonyl (C=O) groups is 1. The van der Waals surface area contributed by atoms with Crippen LogP contribution in [-0.4, -0.2) is 44.0 Å². The highest BCUT2D eigenvalue weighted by atomic mass is 32.2. The zero-order chi connectivity index (χ0) is 15.6. The van der Waals surface area contributed by atoms with Crippen LogP contribution in [0.3, 0.4) is 0 Å². The molecule has 1 aromatic rings. The SMILES string of the molecule is COc1ccc(S(=O)(=O)N2CCC[C@@H](C(=O)O)C2)cc1C. The topological polar surface area (TPSA) is 83.9 Å². The molecule has 6 nitrogen and oxygen atoms in total. The number of carboxylic acid groups (broad SMARTS) is 1. The van der Waals surface area contributed by atoms with Gasteiger partial charge in [-0.1, -0.05) is 0 Å². The van der Waals surface area contributed by atoms with Gasteiger partial charge in [-0.2, -0.15) is 4.31 Å². The molecule has 1 aliphatic rings. The first-order chi connectivity index (χ1) is 9.86. The maximum atomic E-state index is 12.6. The lowest BCUT2D eigenvalue weighted by atomic mass is 10.0. The van der Waals surface area contributed by atoms with Crippen molar-refractivity contribution in [2.24, 2.45) is 5.92 Å². The summed E-state index contributed by atoms with van der Waals surface area (Å²) in [6.07, 6.45) is 1.08. The number of methoxy groups -OCH3 is 1. The van der Waals surface area contributed by atoms with Crippen LogP contribution < -0.4 is 4.74 Å². The van der Waals surface area contributed by atoms with E-state index in [2.05, 4.69) is 0 Å². The molecule has 0 aliphatic carbocycles. The number of hydrogen-bond donors (Lipinski definition) is 1. The molecule has 1 heterocycles. The van der Waals surface area contributed by atoms with Crippen LogP contribution in [0.25, 0.3) is 0 Å². The van der Waals surface area contributed by atoms with Gasteiger partial charge < -0.3 is 9.84 Å². The maximum absolute atomic E-state index is 12.6. The average Bonchev–Trinajstić information content (AvgIpc) is 2.47. The van der Waals surface area contributed by atoms with E-state index in [1.807, 2.05) is 0 Å². The highest BCUT2D eigenvalue weighted by Crippen LogP contribution is 2.27. The Morgan fingerprint density at radius 2 is 2.14 bits per heavy atom. The minimum Gasteiger partial charge on any atom is -0.496 e. The molecule has 21 heavy (non-hydrogen) atoms. The van der Waals surface area contributed by atoms with Crippen molar-refractivity contribution >= 4 is 16.0 Å². The van der Waals surface area contributed by atoms with E-state index < -0.39 is 21.9 Å². The highest BCUT2D eigenvalue weighted by molar-refractivity contribution is 7.89. The van der Waals surface area contributed by atoms with Crippen LogP contribution in [0.4, 0.5) is 0 Å². The second-order valence-corrected chi connectivity index (χ2v) is 7.11. The number of carboxylic acids is 1. The summed E-state index contributed by atoms with van der Waals surface area (Å²) in [7, 11) is -2.14. The van der Waals surface area contributed by atoms with Crippen molar-refractivity contribution in [1.82, 2.24) is 4.31 Å². The van der Waals surface area contributed by atoms with E-state index in [0.717, 1.165) is 5.56 Å². The second kappa shape index (κ2) is 6.03. The van der Waals surface area contributed by atoms with Gasteiger partial charge in [-0.3, -0.25) is 4.79 Å². The van der Waals surface area contributed by atoms with Gasteiger partial charge in [0, 0.05) is 13.1 Å². The molecule has 1 saturated heterocycles. The first-order valence-electron chi connectivity index (χ1n) is 6.74. The molecule has 0 aromatic heterocycles. The molecule has 2 rings (SSSR count). The third-order valence-electron chi connectivity index (χ3n) is 3.74. The van der Waals surface area contributed by atoms with Gasteiger partial charge in [-0.15, -0.1) is 0 Å². The van der Waals surface area contributed by atoms with Gasteiger partial charge in [-0.05, 0) is 43.5 Å². The fourth-order valence-electron chi connectivity index (χ4n) is 2.52. The lowest BCUT2D eigenvalue weighted by Gasteiger charge is -2.30. The molecule has 116 valence electrons. The van der Waals surface area contributed by atoms with E-state index >= 15 is 0 Å². The summed E-state index contributed by atoms with van der Waals surface area (Å²) >= 11 is 0. The summed E-state index contributed by atoms with van der Waals surface area (Å²) in [5.41, 5.74) is 0.727. The smallest absolute Gasteiger partial charge is 0.307 e. The van der Waals surface area contributed by atoms with Crippen molar-refractivity contribution in [3.63, 3.8) is 0 Å². The van der Waals surface area contributed by atoms with E-state index in [1.54, 1.807) is 19.1 Å². The van der Waals surface area contributed by atoms with Crippen LogP contribution in [0, 0.1) is 12.8 Å². The van der Waals surface area contributed by atoms with Gasteiger partial charge in [0.15, 0.2) is 0 Å². The van der Waals surface area contributed by atoms with E-state index in [0.29, 0.717) is 25.1 Å². The van der Waals surface area contributed by atoms with Crippen LogP contribution in [0.5, 0.6) is 5.75 Å². The monoisotopic (exact) mass is 313 g/mol. The predicted octanol–water partition coefficient (Wildman–Crippen LogP) is 1.49. The Morgan fingerprint density at radius 3 is 2.71 bits per heavy atom. The molecule has 7 heteroatoms. The zero-order valence-corrected chi connectivity index (χ0v) is 12.9. The molecule has 1 atom stereocenters. The average molecular weight is 313 g/mol. The number of aryl methyl sites for hydroxylation is 1. The summed E-state index contributed by atoms with van der Waals surface area (Å²) in [4.78, 5) is 11.2. The van der Waals surface area contributed by atoms with E-state index in [9.17, 15) is 13.2 Å². The van der Waals surface area contributed by atoms with Gasteiger partial charge in [-0.25, -0.2) is 8.42 Å². The Kier molecular flexibility index (Phi) is 4.53. The van der Waals surface area contributed by atoms with Crippen LogP contribution in [0.2, 0.25) is 0 Å². The van der Waals surface area contributed by atoms with E-state index in [-0.39, 0.29) is 11.4 Å². The van der Waals surface area contributed by atoms with Crippen LogP contribution in [0.1, 0.15) is 18.4 Å². The Balaban J connectivity index is 2.29. The van der Waals surface area contributed by atoms with Crippen molar-refractivity contribution in [3.05, 3.63) is 23.8 Å². The summed E-state index contributed by atoms with van der Waals surface area (Å²) in [5, 5.41) is 9.07. The van der Waals surface area contributed by atoms with Crippen LogP contribution >= 0.6 is 0 Å². The number of hydrogen-bond acceptors (Lipinski definition) is 4. The highest BCUT2D eigenvalue weighted by Gasteiger charge is 2.33. The first kappa shape index (κ1) is 15.8. The molecular formula is C14H19NO5S.